The Bertz CT molecular complexity index is 1210. The fourth-order valence-electron chi connectivity index (χ4n) is 4.98. The molecule has 0 aromatic heterocycles. The molecule has 1 saturated heterocycles. The van der Waals surface area contributed by atoms with Crippen molar-refractivity contribution in [3.05, 3.63) is 71.8 Å². The summed E-state index contributed by atoms with van der Waals surface area (Å²) in [5.41, 5.74) is 0.920. The molecule has 3 rings (SSSR count). The van der Waals surface area contributed by atoms with Gasteiger partial charge in [-0.2, -0.15) is 0 Å². The minimum Gasteiger partial charge on any atom is -0.383 e. The van der Waals surface area contributed by atoms with Crippen molar-refractivity contribution in [2.75, 3.05) is 6.61 Å². The molecule has 9 nitrogen and oxygen atoms in total. The van der Waals surface area contributed by atoms with Gasteiger partial charge in [0.1, 0.15) is 23.8 Å². The number of hydrogen-bond acceptors (Lipinski definition) is 6. The number of ether oxygens (including phenoxy) is 1. The number of aliphatic hydroxyl groups excluding tert-OH is 1. The average molecular weight is 594 g/mol. The smallest absolute Gasteiger partial charge is 0.249 e. The number of aryl methyl sites for hydroxylation is 1. The first-order valence-corrected chi connectivity index (χ1v) is 15.2. The van der Waals surface area contributed by atoms with Crippen molar-refractivity contribution in [2.24, 2.45) is 11.8 Å². The average Bonchev–Trinajstić information content (AvgIpc) is 3.73. The third-order valence-corrected chi connectivity index (χ3v) is 7.55. The molecule has 0 saturated carbocycles. The SMILES string of the molecule is CC(C)CC(NC(=O)[C@H](Cc1ccccc1)NC(=O)[C@H](CC(C)C)NC(=O)[C@@H](O)CCc1ccccc1)C(=O)[C@@]1(C)CO1. The lowest BCUT2D eigenvalue weighted by atomic mass is 9.93. The number of ketones is 1. The standard InChI is InChI=1S/C34H47N3O6/c1-22(2)18-26(30(39)34(5)21-43-34)35-32(41)28(20-25-14-10-7-11-15-25)36-31(40)27(19-23(3)4)37-33(42)29(38)17-16-24-12-8-6-9-13-24/h6-15,22-23,26-29,38H,16-21H2,1-5H3,(H,35,41)(H,36,40)(H,37,42)/t26?,27-,28-,29-,34+/m0/s1. The van der Waals surface area contributed by atoms with E-state index in [0.29, 0.717) is 25.9 Å². The summed E-state index contributed by atoms with van der Waals surface area (Å²) in [7, 11) is 0. The van der Waals surface area contributed by atoms with Crippen LogP contribution in [0.1, 0.15) is 65.0 Å². The van der Waals surface area contributed by atoms with Crippen molar-refractivity contribution in [3.63, 3.8) is 0 Å². The van der Waals surface area contributed by atoms with Crippen LogP contribution in [0.25, 0.3) is 0 Å². The number of aliphatic hydroxyl groups is 1. The monoisotopic (exact) mass is 593 g/mol. The molecule has 0 spiro atoms. The van der Waals surface area contributed by atoms with Gasteiger partial charge in [0.25, 0.3) is 0 Å². The zero-order valence-corrected chi connectivity index (χ0v) is 26.0. The Morgan fingerprint density at radius 1 is 0.744 bits per heavy atom. The summed E-state index contributed by atoms with van der Waals surface area (Å²) >= 11 is 0. The fourth-order valence-corrected chi connectivity index (χ4v) is 4.98. The molecule has 4 N–H and O–H groups in total. The molecule has 1 unspecified atom stereocenters. The highest BCUT2D eigenvalue weighted by atomic mass is 16.6. The van der Waals surface area contributed by atoms with E-state index in [0.717, 1.165) is 11.1 Å². The summed E-state index contributed by atoms with van der Waals surface area (Å²) in [5, 5.41) is 19.0. The van der Waals surface area contributed by atoms with Crippen LogP contribution in [0, 0.1) is 11.8 Å². The normalized spacial score (nSPS) is 18.8. The van der Waals surface area contributed by atoms with E-state index in [1.807, 2.05) is 88.4 Å². The predicted octanol–water partition coefficient (Wildman–Crippen LogP) is 3.13. The van der Waals surface area contributed by atoms with Gasteiger partial charge in [0.05, 0.1) is 12.6 Å². The summed E-state index contributed by atoms with van der Waals surface area (Å²) in [4.78, 5) is 53.4. The molecule has 1 aliphatic heterocycles. The molecule has 3 amide bonds. The minimum absolute atomic E-state index is 0.0474. The second kappa shape index (κ2) is 15.8. The van der Waals surface area contributed by atoms with Crippen LogP contribution in [0.3, 0.4) is 0 Å². The first-order chi connectivity index (χ1) is 20.4. The topological polar surface area (TPSA) is 137 Å². The number of hydrogen-bond donors (Lipinski definition) is 4. The van der Waals surface area contributed by atoms with Gasteiger partial charge >= 0.3 is 0 Å². The van der Waals surface area contributed by atoms with Crippen LogP contribution in [0.4, 0.5) is 0 Å². The van der Waals surface area contributed by atoms with Gasteiger partial charge < -0.3 is 25.8 Å². The molecule has 0 aliphatic carbocycles. The van der Waals surface area contributed by atoms with Gasteiger partial charge in [-0.25, -0.2) is 0 Å². The number of amides is 3. The molecular weight excluding hydrogens is 546 g/mol. The Morgan fingerprint density at radius 2 is 1.21 bits per heavy atom. The maximum atomic E-state index is 13.7. The van der Waals surface area contributed by atoms with Crippen molar-refractivity contribution >= 4 is 23.5 Å². The lowest BCUT2D eigenvalue weighted by molar-refractivity contribution is -0.136. The Balaban J connectivity index is 1.74. The van der Waals surface area contributed by atoms with E-state index in [-0.39, 0.29) is 30.5 Å². The molecule has 1 heterocycles. The summed E-state index contributed by atoms with van der Waals surface area (Å²) in [6.45, 7) is 9.82. The summed E-state index contributed by atoms with van der Waals surface area (Å²) in [6, 6.07) is 16.1. The largest absolute Gasteiger partial charge is 0.383 e. The number of benzene rings is 2. The maximum absolute atomic E-state index is 13.7. The van der Waals surface area contributed by atoms with E-state index in [1.54, 1.807) is 6.92 Å². The maximum Gasteiger partial charge on any atom is 0.249 e. The van der Waals surface area contributed by atoms with E-state index in [2.05, 4.69) is 16.0 Å². The lowest BCUT2D eigenvalue weighted by Crippen LogP contribution is -2.58. The number of Topliss-reactive ketones (excluding diaryl/α,β-unsaturated/α-hetero) is 1. The van der Waals surface area contributed by atoms with Crippen LogP contribution >= 0.6 is 0 Å². The fraction of sp³-hybridized carbons (Fsp3) is 0.529. The zero-order valence-electron chi connectivity index (χ0n) is 26.0. The number of epoxide rings is 1. The molecule has 9 heteroatoms. The van der Waals surface area contributed by atoms with Crippen LogP contribution in [-0.4, -0.2) is 65.0 Å². The number of nitrogens with one attached hydrogen (secondary N) is 3. The lowest BCUT2D eigenvalue weighted by Gasteiger charge is -2.27. The summed E-state index contributed by atoms with van der Waals surface area (Å²) in [6.07, 6.45) is 0.362. The van der Waals surface area contributed by atoms with E-state index in [4.69, 9.17) is 4.74 Å². The minimum atomic E-state index is -1.29. The first-order valence-electron chi connectivity index (χ1n) is 15.2. The summed E-state index contributed by atoms with van der Waals surface area (Å²) in [5.74, 6) is -1.66. The highest BCUT2D eigenvalue weighted by Gasteiger charge is 2.50. The van der Waals surface area contributed by atoms with Gasteiger partial charge in [0.15, 0.2) is 5.78 Å². The van der Waals surface area contributed by atoms with E-state index >= 15 is 0 Å². The molecule has 2 aromatic carbocycles. The van der Waals surface area contributed by atoms with Crippen LogP contribution in [0.5, 0.6) is 0 Å². The van der Waals surface area contributed by atoms with Crippen LogP contribution in [0.2, 0.25) is 0 Å². The molecular formula is C34H47N3O6. The van der Waals surface area contributed by atoms with Gasteiger partial charge in [-0.3, -0.25) is 19.2 Å². The number of carbonyl (C=O) groups excluding carboxylic acids is 4. The second-order valence-electron chi connectivity index (χ2n) is 12.6. The predicted molar refractivity (Wildman–Crippen MR) is 165 cm³/mol. The molecule has 0 bridgehead atoms. The van der Waals surface area contributed by atoms with Gasteiger partial charge in [-0.05, 0) is 55.6 Å². The van der Waals surface area contributed by atoms with Gasteiger partial charge in [-0.1, -0.05) is 88.4 Å². The van der Waals surface area contributed by atoms with Crippen molar-refractivity contribution in [1.29, 1.82) is 0 Å². The van der Waals surface area contributed by atoms with Gasteiger partial charge in [0, 0.05) is 6.42 Å². The molecule has 1 aliphatic rings. The quantitative estimate of drug-likeness (QED) is 0.208. The highest BCUT2D eigenvalue weighted by Crippen LogP contribution is 2.29. The van der Waals surface area contributed by atoms with Gasteiger partial charge in [-0.15, -0.1) is 0 Å². The Morgan fingerprint density at radius 3 is 1.74 bits per heavy atom. The molecule has 5 atom stereocenters. The highest BCUT2D eigenvalue weighted by molar-refractivity contribution is 5.98. The van der Waals surface area contributed by atoms with Crippen molar-refractivity contribution < 1.29 is 29.0 Å². The third kappa shape index (κ3) is 10.9. The Kier molecular flexibility index (Phi) is 12.5. The van der Waals surface area contributed by atoms with Crippen LogP contribution in [0.15, 0.2) is 60.7 Å². The molecule has 1 fully saturated rings. The summed E-state index contributed by atoms with van der Waals surface area (Å²) < 4.78 is 5.36. The number of rotatable bonds is 17. The zero-order chi connectivity index (χ0) is 31.6. The van der Waals surface area contributed by atoms with Crippen molar-refractivity contribution in [1.82, 2.24) is 16.0 Å². The van der Waals surface area contributed by atoms with Crippen LogP contribution < -0.4 is 16.0 Å². The Hall–Kier alpha value is -3.56. The molecule has 234 valence electrons. The molecule has 2 aromatic rings. The van der Waals surface area contributed by atoms with Gasteiger partial charge in [0.2, 0.25) is 17.7 Å². The second-order valence-corrected chi connectivity index (χ2v) is 12.6. The van der Waals surface area contributed by atoms with E-state index < -0.39 is 47.6 Å². The molecule has 0 radical (unpaired) electrons. The van der Waals surface area contributed by atoms with Crippen molar-refractivity contribution in [2.45, 2.75) is 96.6 Å². The van der Waals surface area contributed by atoms with E-state index in [1.165, 1.54) is 0 Å². The van der Waals surface area contributed by atoms with Crippen LogP contribution in [-0.2, 0) is 36.8 Å². The first kappa shape index (κ1) is 33.9. The van der Waals surface area contributed by atoms with E-state index in [9.17, 15) is 24.3 Å². The molecule has 43 heavy (non-hydrogen) atoms. The third-order valence-electron chi connectivity index (χ3n) is 7.55. The number of carbonyl (C=O) groups is 4. The van der Waals surface area contributed by atoms with Crippen molar-refractivity contribution in [3.8, 4) is 0 Å². The Labute approximate surface area is 255 Å².